The van der Waals surface area contributed by atoms with E-state index in [1.807, 2.05) is 18.2 Å². The minimum atomic E-state index is 0.135. The summed E-state index contributed by atoms with van der Waals surface area (Å²) in [6.07, 6.45) is 6.29. The zero-order chi connectivity index (χ0) is 9.52. The summed E-state index contributed by atoms with van der Waals surface area (Å²) in [5.74, 6) is 0. The third-order valence-corrected chi connectivity index (χ3v) is 2.03. The van der Waals surface area contributed by atoms with Gasteiger partial charge in [-0.3, -0.25) is 0 Å². The first-order chi connectivity index (χ1) is 6.38. The molecule has 1 nitrogen and oxygen atoms in total. The van der Waals surface area contributed by atoms with Gasteiger partial charge in [0.25, 0.3) is 0 Å². The Morgan fingerprint density at radius 3 is 2.46 bits per heavy atom. The zero-order valence-electron chi connectivity index (χ0n) is 8.03. The highest BCUT2D eigenvalue weighted by Crippen LogP contribution is 2.09. The van der Waals surface area contributed by atoms with Crippen LogP contribution in [-0.2, 0) is 13.0 Å². The minimum Gasteiger partial charge on any atom is -0.392 e. The van der Waals surface area contributed by atoms with Crippen molar-refractivity contribution in [3.63, 3.8) is 0 Å². The van der Waals surface area contributed by atoms with Gasteiger partial charge in [0.05, 0.1) is 6.61 Å². The second-order valence-corrected chi connectivity index (χ2v) is 3.01. The van der Waals surface area contributed by atoms with Crippen LogP contribution in [0, 0.1) is 0 Å². The van der Waals surface area contributed by atoms with Gasteiger partial charge in [0.2, 0.25) is 0 Å². The van der Waals surface area contributed by atoms with Crippen molar-refractivity contribution in [3.05, 3.63) is 47.5 Å². The third kappa shape index (κ3) is 3.03. The van der Waals surface area contributed by atoms with Gasteiger partial charge in [0.1, 0.15) is 0 Å². The van der Waals surface area contributed by atoms with Crippen LogP contribution in [0.2, 0.25) is 0 Å². The molecule has 0 heterocycles. The first-order valence-corrected chi connectivity index (χ1v) is 4.71. The SMILES string of the molecule is CCC=CCc1ccccc1CO. The summed E-state index contributed by atoms with van der Waals surface area (Å²) in [4.78, 5) is 0. The van der Waals surface area contributed by atoms with Crippen molar-refractivity contribution in [2.75, 3.05) is 0 Å². The average molecular weight is 176 g/mol. The standard InChI is InChI=1S/C12H16O/c1-2-3-4-7-11-8-5-6-9-12(11)10-13/h3-6,8-9,13H,2,7,10H2,1H3. The Kier molecular flexibility index (Phi) is 4.27. The van der Waals surface area contributed by atoms with Crippen LogP contribution in [0.15, 0.2) is 36.4 Å². The highest BCUT2D eigenvalue weighted by atomic mass is 16.3. The molecule has 1 heteroatoms. The first kappa shape index (κ1) is 10.0. The summed E-state index contributed by atoms with van der Waals surface area (Å²) < 4.78 is 0. The van der Waals surface area contributed by atoms with E-state index in [-0.39, 0.29) is 6.61 Å². The Labute approximate surface area is 79.7 Å². The van der Waals surface area contributed by atoms with Crippen molar-refractivity contribution >= 4 is 0 Å². The molecule has 0 unspecified atom stereocenters. The maximum atomic E-state index is 9.05. The fourth-order valence-corrected chi connectivity index (χ4v) is 1.29. The van der Waals surface area contributed by atoms with E-state index in [0.717, 1.165) is 18.4 Å². The van der Waals surface area contributed by atoms with Crippen molar-refractivity contribution in [2.45, 2.75) is 26.4 Å². The van der Waals surface area contributed by atoms with Gasteiger partial charge in [-0.25, -0.2) is 0 Å². The van der Waals surface area contributed by atoms with Gasteiger partial charge in [-0.2, -0.15) is 0 Å². The van der Waals surface area contributed by atoms with Crippen LogP contribution in [0.25, 0.3) is 0 Å². The molecule has 0 amide bonds. The molecule has 70 valence electrons. The molecule has 13 heavy (non-hydrogen) atoms. The number of hydrogen-bond donors (Lipinski definition) is 1. The highest BCUT2D eigenvalue weighted by Gasteiger charge is 1.96. The topological polar surface area (TPSA) is 20.2 Å². The van der Waals surface area contributed by atoms with E-state index in [4.69, 9.17) is 5.11 Å². The van der Waals surface area contributed by atoms with Crippen LogP contribution in [-0.4, -0.2) is 5.11 Å². The molecule has 0 aliphatic heterocycles. The van der Waals surface area contributed by atoms with Crippen molar-refractivity contribution in [2.24, 2.45) is 0 Å². The van der Waals surface area contributed by atoms with Gasteiger partial charge >= 0.3 is 0 Å². The molecule has 0 atom stereocenters. The van der Waals surface area contributed by atoms with E-state index in [9.17, 15) is 0 Å². The molecule has 0 aliphatic rings. The molecular weight excluding hydrogens is 160 g/mol. The van der Waals surface area contributed by atoms with E-state index in [2.05, 4.69) is 25.1 Å². The smallest absolute Gasteiger partial charge is 0.0684 e. The number of allylic oxidation sites excluding steroid dienone is 2. The maximum absolute atomic E-state index is 9.05. The second-order valence-electron chi connectivity index (χ2n) is 3.01. The number of aliphatic hydroxyl groups is 1. The lowest BCUT2D eigenvalue weighted by Gasteiger charge is -2.03. The van der Waals surface area contributed by atoms with Crippen molar-refractivity contribution in [1.29, 1.82) is 0 Å². The maximum Gasteiger partial charge on any atom is 0.0684 e. The fraction of sp³-hybridized carbons (Fsp3) is 0.333. The Hall–Kier alpha value is -1.08. The van der Waals surface area contributed by atoms with Gasteiger partial charge in [-0.1, -0.05) is 43.3 Å². The Bertz CT molecular complexity index is 276. The van der Waals surface area contributed by atoms with Crippen LogP contribution in [0.3, 0.4) is 0 Å². The summed E-state index contributed by atoms with van der Waals surface area (Å²) >= 11 is 0. The molecule has 0 saturated carbocycles. The van der Waals surface area contributed by atoms with Crippen LogP contribution in [0.5, 0.6) is 0 Å². The van der Waals surface area contributed by atoms with E-state index >= 15 is 0 Å². The average Bonchev–Trinajstić information content (AvgIpc) is 2.19. The Balaban J connectivity index is 2.69. The quantitative estimate of drug-likeness (QED) is 0.699. The molecule has 0 spiro atoms. The predicted octanol–water partition coefficient (Wildman–Crippen LogP) is 2.69. The lowest BCUT2D eigenvalue weighted by Crippen LogP contribution is -1.91. The molecule has 0 radical (unpaired) electrons. The third-order valence-electron chi connectivity index (χ3n) is 2.03. The number of benzene rings is 1. The highest BCUT2D eigenvalue weighted by molar-refractivity contribution is 5.28. The number of aliphatic hydroxyl groups excluding tert-OH is 1. The summed E-state index contributed by atoms with van der Waals surface area (Å²) in [6.45, 7) is 2.25. The monoisotopic (exact) mass is 176 g/mol. The number of rotatable bonds is 4. The summed E-state index contributed by atoms with van der Waals surface area (Å²) in [6, 6.07) is 7.99. The molecule has 1 aromatic carbocycles. The Morgan fingerprint density at radius 1 is 1.15 bits per heavy atom. The van der Waals surface area contributed by atoms with E-state index in [0.29, 0.717) is 0 Å². The molecule has 0 aliphatic carbocycles. The normalized spacial score (nSPS) is 10.9. The van der Waals surface area contributed by atoms with E-state index in [1.165, 1.54) is 5.56 Å². The lowest BCUT2D eigenvalue weighted by molar-refractivity contribution is 0.281. The summed E-state index contributed by atoms with van der Waals surface area (Å²) in [7, 11) is 0. The van der Waals surface area contributed by atoms with Gasteiger partial charge in [0, 0.05) is 0 Å². The van der Waals surface area contributed by atoms with Gasteiger partial charge in [-0.05, 0) is 24.0 Å². The van der Waals surface area contributed by atoms with E-state index in [1.54, 1.807) is 0 Å². The van der Waals surface area contributed by atoms with Crippen molar-refractivity contribution in [3.8, 4) is 0 Å². The molecule has 1 rings (SSSR count). The van der Waals surface area contributed by atoms with Crippen LogP contribution < -0.4 is 0 Å². The van der Waals surface area contributed by atoms with Gasteiger partial charge in [-0.15, -0.1) is 0 Å². The molecule has 0 aromatic heterocycles. The largest absolute Gasteiger partial charge is 0.392 e. The minimum absolute atomic E-state index is 0.135. The molecule has 0 saturated heterocycles. The van der Waals surface area contributed by atoms with Crippen LogP contribution >= 0.6 is 0 Å². The van der Waals surface area contributed by atoms with Gasteiger partial charge in [0.15, 0.2) is 0 Å². The molecular formula is C12H16O. The van der Waals surface area contributed by atoms with Gasteiger partial charge < -0.3 is 5.11 Å². The molecule has 1 aromatic rings. The molecule has 1 N–H and O–H groups in total. The fourth-order valence-electron chi connectivity index (χ4n) is 1.29. The molecule has 0 fully saturated rings. The van der Waals surface area contributed by atoms with Crippen molar-refractivity contribution < 1.29 is 5.11 Å². The van der Waals surface area contributed by atoms with Crippen LogP contribution in [0.4, 0.5) is 0 Å². The van der Waals surface area contributed by atoms with Crippen molar-refractivity contribution in [1.82, 2.24) is 0 Å². The predicted molar refractivity (Wildman–Crippen MR) is 55.5 cm³/mol. The summed E-state index contributed by atoms with van der Waals surface area (Å²) in [5, 5.41) is 9.05. The van der Waals surface area contributed by atoms with Crippen LogP contribution in [0.1, 0.15) is 24.5 Å². The molecule has 0 bridgehead atoms. The first-order valence-electron chi connectivity index (χ1n) is 4.71. The zero-order valence-corrected chi connectivity index (χ0v) is 8.03. The van der Waals surface area contributed by atoms with E-state index < -0.39 is 0 Å². The number of hydrogen-bond acceptors (Lipinski definition) is 1. The lowest BCUT2D eigenvalue weighted by atomic mass is 10.1. The Morgan fingerprint density at radius 2 is 1.85 bits per heavy atom. The second kappa shape index (κ2) is 5.55. The summed E-state index contributed by atoms with van der Waals surface area (Å²) in [5.41, 5.74) is 2.25.